The van der Waals surface area contributed by atoms with E-state index in [0.717, 1.165) is 30.0 Å². The van der Waals surface area contributed by atoms with Crippen LogP contribution in [-0.4, -0.2) is 16.7 Å². The van der Waals surface area contributed by atoms with E-state index in [4.69, 9.17) is 21.9 Å². The zero-order chi connectivity index (χ0) is 16.5. The highest BCUT2D eigenvalue weighted by atomic mass is 32.1. The van der Waals surface area contributed by atoms with Gasteiger partial charge in [-0.1, -0.05) is 54.7 Å². The molecule has 0 aliphatic carbocycles. The molecule has 1 aliphatic heterocycles. The summed E-state index contributed by atoms with van der Waals surface area (Å²) in [6.45, 7) is 3.00. The van der Waals surface area contributed by atoms with Crippen molar-refractivity contribution in [2.45, 2.75) is 25.9 Å². The van der Waals surface area contributed by atoms with Gasteiger partial charge >= 0.3 is 0 Å². The van der Waals surface area contributed by atoms with E-state index in [-0.39, 0.29) is 6.10 Å². The molecule has 4 rings (SSSR count). The van der Waals surface area contributed by atoms with Crippen molar-refractivity contribution in [1.29, 1.82) is 0 Å². The highest BCUT2D eigenvalue weighted by Gasteiger charge is 2.28. The van der Waals surface area contributed by atoms with Gasteiger partial charge in [-0.15, -0.1) is 0 Å². The van der Waals surface area contributed by atoms with Crippen LogP contribution in [0, 0.1) is 0 Å². The molecule has 0 radical (unpaired) electrons. The number of hydrogen-bond donors (Lipinski definition) is 0. The average molecular weight is 355 g/mol. The molecule has 0 spiro atoms. The van der Waals surface area contributed by atoms with Crippen LogP contribution in [0.1, 0.15) is 30.6 Å². The van der Waals surface area contributed by atoms with Gasteiger partial charge in [0.25, 0.3) is 5.17 Å². The lowest BCUT2D eigenvalue weighted by molar-refractivity contribution is 0.166. The van der Waals surface area contributed by atoms with Crippen molar-refractivity contribution in [2.75, 3.05) is 11.4 Å². The third kappa shape index (κ3) is 2.89. The molecule has 1 aromatic heterocycles. The monoisotopic (exact) mass is 354 g/mol. The summed E-state index contributed by atoms with van der Waals surface area (Å²) in [5.74, 6) is 0. The number of aromatic nitrogens is 1. The fourth-order valence-electron chi connectivity index (χ4n) is 2.95. The molecule has 3 nitrogen and oxygen atoms in total. The molecule has 3 aromatic rings. The van der Waals surface area contributed by atoms with Gasteiger partial charge in [0.1, 0.15) is 6.10 Å². The third-order valence-corrected chi connectivity index (χ3v) is 5.69. The van der Waals surface area contributed by atoms with Crippen LogP contribution in [0.25, 0.3) is 10.2 Å². The van der Waals surface area contributed by atoms with Crippen molar-refractivity contribution < 1.29 is 4.74 Å². The normalized spacial score (nSPS) is 18.0. The number of anilines is 1. The summed E-state index contributed by atoms with van der Waals surface area (Å²) in [5.41, 5.74) is 3.54. The minimum absolute atomic E-state index is 0.0380. The SMILES string of the molecule is CCc1ccc2nc(N3CCC(c4ccccc4)OC3=S)sc2c1. The average Bonchev–Trinajstić information content (AvgIpc) is 3.05. The topological polar surface area (TPSA) is 25.4 Å². The van der Waals surface area contributed by atoms with Crippen molar-refractivity contribution >= 4 is 44.1 Å². The summed E-state index contributed by atoms with van der Waals surface area (Å²) in [7, 11) is 0. The van der Waals surface area contributed by atoms with Crippen LogP contribution in [0.15, 0.2) is 48.5 Å². The standard InChI is InChI=1S/C19H18N2OS2/c1-2-13-8-9-15-17(12-13)24-18(20-15)21-11-10-16(22-19(21)23)14-6-4-3-5-7-14/h3-9,12,16H,2,10-11H2,1H3. The summed E-state index contributed by atoms with van der Waals surface area (Å²) < 4.78 is 7.21. The third-order valence-electron chi connectivity index (χ3n) is 4.33. The van der Waals surface area contributed by atoms with Crippen LogP contribution in [0.5, 0.6) is 0 Å². The lowest BCUT2D eigenvalue weighted by Crippen LogP contribution is -2.38. The van der Waals surface area contributed by atoms with Crippen LogP contribution in [0.3, 0.4) is 0 Å². The Kier molecular flexibility index (Phi) is 4.21. The number of thiazole rings is 1. The summed E-state index contributed by atoms with van der Waals surface area (Å²) in [6.07, 6.45) is 1.98. The molecule has 1 atom stereocenters. The van der Waals surface area contributed by atoms with Crippen molar-refractivity contribution in [3.63, 3.8) is 0 Å². The Morgan fingerprint density at radius 3 is 2.83 bits per heavy atom. The molecule has 122 valence electrons. The highest BCUT2D eigenvalue weighted by Crippen LogP contribution is 2.34. The number of ether oxygens (including phenoxy) is 1. The number of nitrogens with zero attached hydrogens (tertiary/aromatic N) is 2. The number of thiocarbonyl (C=S) groups is 1. The Bertz CT molecular complexity index is 875. The molecule has 0 amide bonds. The number of fused-ring (bicyclic) bond motifs is 1. The minimum Gasteiger partial charge on any atom is -0.462 e. The summed E-state index contributed by atoms with van der Waals surface area (Å²) in [6, 6.07) is 16.7. The van der Waals surface area contributed by atoms with E-state index in [1.807, 2.05) is 23.1 Å². The van der Waals surface area contributed by atoms with Crippen molar-refractivity contribution in [2.24, 2.45) is 0 Å². The molecule has 2 aromatic carbocycles. The van der Waals surface area contributed by atoms with Crippen LogP contribution >= 0.6 is 23.6 Å². The van der Waals surface area contributed by atoms with E-state index < -0.39 is 0 Å². The number of aryl methyl sites for hydroxylation is 1. The largest absolute Gasteiger partial charge is 0.462 e. The van der Waals surface area contributed by atoms with Gasteiger partial charge < -0.3 is 4.74 Å². The second-order valence-corrected chi connectivity index (χ2v) is 7.23. The first-order valence-corrected chi connectivity index (χ1v) is 9.39. The van der Waals surface area contributed by atoms with Crippen LogP contribution in [-0.2, 0) is 11.2 Å². The molecule has 1 unspecified atom stereocenters. The Morgan fingerprint density at radius 2 is 2.08 bits per heavy atom. The zero-order valence-electron chi connectivity index (χ0n) is 13.4. The van der Waals surface area contributed by atoms with E-state index in [0.29, 0.717) is 5.17 Å². The summed E-state index contributed by atoms with van der Waals surface area (Å²) in [4.78, 5) is 6.76. The Morgan fingerprint density at radius 1 is 1.25 bits per heavy atom. The maximum Gasteiger partial charge on any atom is 0.266 e. The Balaban J connectivity index is 1.56. The fraction of sp³-hybridized carbons (Fsp3) is 0.263. The molecule has 24 heavy (non-hydrogen) atoms. The molecular formula is C19H18N2OS2. The highest BCUT2D eigenvalue weighted by molar-refractivity contribution is 7.80. The van der Waals surface area contributed by atoms with Gasteiger partial charge in [0, 0.05) is 13.0 Å². The molecule has 1 saturated heterocycles. The summed E-state index contributed by atoms with van der Waals surface area (Å²) >= 11 is 7.19. The van der Waals surface area contributed by atoms with Gasteiger partial charge in [-0.3, -0.25) is 4.90 Å². The van der Waals surface area contributed by atoms with Gasteiger partial charge in [0.15, 0.2) is 5.13 Å². The molecule has 2 heterocycles. The van der Waals surface area contributed by atoms with E-state index >= 15 is 0 Å². The molecule has 0 saturated carbocycles. The predicted molar refractivity (Wildman–Crippen MR) is 104 cm³/mol. The van der Waals surface area contributed by atoms with Gasteiger partial charge in [-0.25, -0.2) is 4.98 Å². The van der Waals surface area contributed by atoms with E-state index in [1.165, 1.54) is 15.8 Å². The second-order valence-electron chi connectivity index (χ2n) is 5.88. The van der Waals surface area contributed by atoms with Crippen molar-refractivity contribution in [3.05, 3.63) is 59.7 Å². The van der Waals surface area contributed by atoms with Gasteiger partial charge in [-0.05, 0) is 41.9 Å². The lowest BCUT2D eigenvalue weighted by Gasteiger charge is -2.32. The summed E-state index contributed by atoms with van der Waals surface area (Å²) in [5, 5.41) is 1.44. The number of benzene rings is 2. The fourth-order valence-corrected chi connectivity index (χ4v) is 4.36. The number of hydrogen-bond acceptors (Lipinski definition) is 4. The van der Waals surface area contributed by atoms with Crippen LogP contribution < -0.4 is 4.90 Å². The second kappa shape index (κ2) is 6.49. The Hall–Kier alpha value is -1.98. The molecule has 0 N–H and O–H groups in total. The number of rotatable bonds is 3. The first kappa shape index (κ1) is 15.5. The lowest BCUT2D eigenvalue weighted by atomic mass is 10.1. The Labute approximate surface area is 150 Å². The molecule has 1 fully saturated rings. The predicted octanol–water partition coefficient (Wildman–Crippen LogP) is 5.11. The maximum absolute atomic E-state index is 6.00. The molecular weight excluding hydrogens is 336 g/mol. The van der Waals surface area contributed by atoms with E-state index in [9.17, 15) is 0 Å². The van der Waals surface area contributed by atoms with Gasteiger partial charge in [0.05, 0.1) is 10.2 Å². The molecule has 0 bridgehead atoms. The molecule has 5 heteroatoms. The quantitative estimate of drug-likeness (QED) is 0.610. The van der Waals surface area contributed by atoms with Crippen LogP contribution in [0.2, 0.25) is 0 Å². The van der Waals surface area contributed by atoms with Gasteiger partial charge in [0.2, 0.25) is 0 Å². The minimum atomic E-state index is 0.0380. The van der Waals surface area contributed by atoms with Gasteiger partial charge in [-0.2, -0.15) is 0 Å². The maximum atomic E-state index is 6.00. The van der Waals surface area contributed by atoms with Crippen molar-refractivity contribution in [1.82, 2.24) is 4.98 Å². The molecule has 1 aliphatic rings. The van der Waals surface area contributed by atoms with E-state index in [1.54, 1.807) is 11.3 Å². The first-order valence-electron chi connectivity index (χ1n) is 8.17. The zero-order valence-corrected chi connectivity index (χ0v) is 15.1. The van der Waals surface area contributed by atoms with Crippen molar-refractivity contribution in [3.8, 4) is 0 Å². The van der Waals surface area contributed by atoms with E-state index in [2.05, 4.69) is 37.3 Å². The van der Waals surface area contributed by atoms with Crippen LogP contribution in [0.4, 0.5) is 5.13 Å². The smallest absolute Gasteiger partial charge is 0.266 e. The first-order chi connectivity index (χ1) is 11.7.